The van der Waals surface area contributed by atoms with E-state index in [1.807, 2.05) is 6.92 Å². The van der Waals surface area contributed by atoms with Gasteiger partial charge < -0.3 is 0 Å². The molecule has 0 aromatic heterocycles. The molecule has 0 N–H and O–H groups in total. The van der Waals surface area contributed by atoms with E-state index in [1.165, 1.54) is 5.01 Å². The lowest BCUT2D eigenvalue weighted by atomic mass is 9.99. The number of hydrazone groups is 1. The quantitative estimate of drug-likeness (QED) is 0.487. The smallest absolute Gasteiger partial charge is 0.250 e. The Morgan fingerprint density at radius 3 is 2.92 bits per heavy atom. The van der Waals surface area contributed by atoms with Crippen LogP contribution in [0.3, 0.4) is 0 Å². The number of carbonyl (C=O) groups excluding carboxylic acids is 2. The molecule has 0 unspecified atom stereocenters. The van der Waals surface area contributed by atoms with Crippen LogP contribution in [0.15, 0.2) is 5.10 Å². The molecule has 0 aromatic carbocycles. The van der Waals surface area contributed by atoms with Crippen molar-refractivity contribution >= 4 is 17.4 Å². The van der Waals surface area contributed by atoms with Gasteiger partial charge in [0.05, 0.1) is 12.5 Å². The number of carbonyl (C=O) groups is 2. The average molecular weight is 166 g/mol. The normalized spacial score (nSPS) is 28.9. The van der Waals surface area contributed by atoms with Gasteiger partial charge in [0.15, 0.2) is 0 Å². The summed E-state index contributed by atoms with van der Waals surface area (Å²) < 4.78 is 0. The number of amides is 1. The molecular formula is C8H10N2O2. The van der Waals surface area contributed by atoms with Crippen LogP contribution < -0.4 is 0 Å². The summed E-state index contributed by atoms with van der Waals surface area (Å²) in [5, 5.41) is 5.54. The second-order valence-electron chi connectivity index (χ2n) is 3.35. The van der Waals surface area contributed by atoms with Crippen molar-refractivity contribution < 1.29 is 9.59 Å². The van der Waals surface area contributed by atoms with Crippen molar-refractivity contribution in [2.45, 2.75) is 32.2 Å². The Hall–Kier alpha value is -1.19. The van der Waals surface area contributed by atoms with Gasteiger partial charge in [-0.15, -0.1) is 0 Å². The van der Waals surface area contributed by atoms with Crippen molar-refractivity contribution in [3.8, 4) is 0 Å². The van der Waals surface area contributed by atoms with E-state index in [0.717, 1.165) is 12.1 Å². The van der Waals surface area contributed by atoms with Gasteiger partial charge in [0.25, 0.3) is 0 Å². The zero-order valence-electron chi connectivity index (χ0n) is 6.91. The van der Waals surface area contributed by atoms with Crippen LogP contribution in [-0.2, 0) is 9.59 Å². The van der Waals surface area contributed by atoms with Crippen LogP contribution >= 0.6 is 0 Å². The van der Waals surface area contributed by atoms with Gasteiger partial charge in [-0.3, -0.25) is 9.59 Å². The highest BCUT2D eigenvalue weighted by Crippen LogP contribution is 2.24. The first-order valence-electron chi connectivity index (χ1n) is 4.04. The molecule has 4 heteroatoms. The van der Waals surface area contributed by atoms with Gasteiger partial charge in [-0.2, -0.15) is 5.10 Å². The molecule has 0 saturated carbocycles. The van der Waals surface area contributed by atoms with Crippen molar-refractivity contribution in [3.63, 3.8) is 0 Å². The first-order valence-corrected chi connectivity index (χ1v) is 4.04. The summed E-state index contributed by atoms with van der Waals surface area (Å²) in [6.45, 7) is 1.88. The molecule has 4 nitrogen and oxygen atoms in total. The van der Waals surface area contributed by atoms with Crippen molar-refractivity contribution in [2.75, 3.05) is 0 Å². The molecule has 0 aliphatic carbocycles. The minimum absolute atomic E-state index is 0.0266. The Balaban J connectivity index is 2.22. The minimum atomic E-state index is -0.145. The maximum absolute atomic E-state index is 11.2. The van der Waals surface area contributed by atoms with Gasteiger partial charge >= 0.3 is 0 Å². The number of piperidine rings is 1. The lowest BCUT2D eigenvalue weighted by molar-refractivity contribution is -0.141. The van der Waals surface area contributed by atoms with Gasteiger partial charge in [-0.1, -0.05) is 0 Å². The summed E-state index contributed by atoms with van der Waals surface area (Å²) in [6.07, 6.45) is 1.28. The largest absolute Gasteiger partial charge is 0.299 e. The Morgan fingerprint density at radius 1 is 1.42 bits per heavy atom. The lowest BCUT2D eigenvalue weighted by Gasteiger charge is -2.25. The van der Waals surface area contributed by atoms with E-state index in [4.69, 9.17) is 0 Å². The number of ketones is 1. The maximum atomic E-state index is 11.2. The van der Waals surface area contributed by atoms with Gasteiger partial charge in [-0.05, 0) is 6.92 Å². The zero-order chi connectivity index (χ0) is 8.72. The molecular weight excluding hydrogens is 156 g/mol. The molecule has 2 rings (SSSR count). The highest BCUT2D eigenvalue weighted by atomic mass is 16.2. The monoisotopic (exact) mass is 166 g/mol. The highest BCUT2D eigenvalue weighted by Gasteiger charge is 2.36. The lowest BCUT2D eigenvalue weighted by Crippen LogP contribution is -2.40. The predicted octanol–water partition coefficient (Wildman–Crippen LogP) is 0.326. The predicted molar refractivity (Wildman–Crippen MR) is 42.6 cm³/mol. The van der Waals surface area contributed by atoms with Gasteiger partial charge in [0, 0.05) is 18.6 Å². The molecule has 2 aliphatic rings. The molecule has 64 valence electrons. The molecule has 1 atom stereocenters. The van der Waals surface area contributed by atoms with E-state index >= 15 is 0 Å². The molecule has 1 amide bonds. The van der Waals surface area contributed by atoms with Crippen LogP contribution in [0.25, 0.3) is 0 Å². The summed E-state index contributed by atoms with van der Waals surface area (Å²) in [6, 6.07) is 0.0266. The van der Waals surface area contributed by atoms with Crippen LogP contribution in [0.4, 0.5) is 0 Å². The molecule has 0 spiro atoms. The summed E-state index contributed by atoms with van der Waals surface area (Å²) in [5.41, 5.74) is 0.947. The van der Waals surface area contributed by atoms with E-state index in [2.05, 4.69) is 5.10 Å². The second-order valence-corrected chi connectivity index (χ2v) is 3.35. The SMILES string of the molecule is CC1=NN2C(=O)CC(=O)C[C@@H]2C1. The zero-order valence-corrected chi connectivity index (χ0v) is 6.91. The van der Waals surface area contributed by atoms with Gasteiger partial charge in [-0.25, -0.2) is 5.01 Å². The third-order valence-corrected chi connectivity index (χ3v) is 2.22. The number of Topliss-reactive ketones (excluding diaryl/α,β-unsaturated/α-hetero) is 1. The van der Waals surface area contributed by atoms with Crippen molar-refractivity contribution in [1.82, 2.24) is 5.01 Å². The maximum Gasteiger partial charge on any atom is 0.250 e. The molecule has 12 heavy (non-hydrogen) atoms. The molecule has 2 aliphatic heterocycles. The topological polar surface area (TPSA) is 49.7 Å². The standard InChI is InChI=1S/C8H10N2O2/c1-5-2-6-3-7(11)4-8(12)10(6)9-5/h6H,2-4H2,1H3/t6-/m0/s1. The first-order chi connectivity index (χ1) is 5.66. The number of nitrogens with zero attached hydrogens (tertiary/aromatic N) is 2. The third kappa shape index (κ3) is 1.03. The number of fused-ring (bicyclic) bond motifs is 1. The number of hydrogen-bond acceptors (Lipinski definition) is 3. The Bertz CT molecular complexity index is 283. The average Bonchev–Trinajstić information content (AvgIpc) is 2.29. The minimum Gasteiger partial charge on any atom is -0.299 e. The van der Waals surface area contributed by atoms with Crippen LogP contribution in [0.5, 0.6) is 0 Å². The van der Waals surface area contributed by atoms with Crippen LogP contribution in [0, 0.1) is 0 Å². The Labute approximate surface area is 70.2 Å². The van der Waals surface area contributed by atoms with Crippen molar-refractivity contribution in [2.24, 2.45) is 5.10 Å². The fraction of sp³-hybridized carbons (Fsp3) is 0.625. The second kappa shape index (κ2) is 2.40. The van der Waals surface area contributed by atoms with Crippen LogP contribution in [0.1, 0.15) is 26.2 Å². The summed E-state index contributed by atoms with van der Waals surface area (Å²) in [5.74, 6) is -0.0979. The highest BCUT2D eigenvalue weighted by molar-refractivity contribution is 6.02. The summed E-state index contributed by atoms with van der Waals surface area (Å²) >= 11 is 0. The molecule has 0 bridgehead atoms. The molecule has 2 heterocycles. The van der Waals surface area contributed by atoms with E-state index in [9.17, 15) is 9.59 Å². The molecule has 1 saturated heterocycles. The fourth-order valence-corrected chi connectivity index (χ4v) is 1.74. The number of rotatable bonds is 0. The van der Waals surface area contributed by atoms with Crippen LogP contribution in [0.2, 0.25) is 0 Å². The van der Waals surface area contributed by atoms with E-state index in [1.54, 1.807) is 0 Å². The summed E-state index contributed by atoms with van der Waals surface area (Å²) in [7, 11) is 0. The molecule has 1 fully saturated rings. The van der Waals surface area contributed by atoms with E-state index < -0.39 is 0 Å². The molecule has 0 radical (unpaired) electrons. The van der Waals surface area contributed by atoms with Crippen molar-refractivity contribution in [3.05, 3.63) is 0 Å². The Morgan fingerprint density at radius 2 is 2.17 bits per heavy atom. The van der Waals surface area contributed by atoms with Gasteiger partial charge in [0.2, 0.25) is 5.91 Å². The fourth-order valence-electron chi connectivity index (χ4n) is 1.74. The molecule has 0 aromatic rings. The first kappa shape index (κ1) is 7.46. The van der Waals surface area contributed by atoms with E-state index in [-0.39, 0.29) is 24.2 Å². The van der Waals surface area contributed by atoms with Crippen molar-refractivity contribution in [1.29, 1.82) is 0 Å². The Kier molecular flexibility index (Phi) is 1.49. The van der Waals surface area contributed by atoms with Crippen LogP contribution in [-0.4, -0.2) is 28.5 Å². The van der Waals surface area contributed by atoms with Gasteiger partial charge in [0.1, 0.15) is 5.78 Å². The number of hydrogen-bond donors (Lipinski definition) is 0. The van der Waals surface area contributed by atoms with E-state index in [0.29, 0.717) is 6.42 Å². The third-order valence-electron chi connectivity index (χ3n) is 2.22. The summed E-state index contributed by atoms with van der Waals surface area (Å²) in [4.78, 5) is 22.3.